The smallest absolute Gasteiger partial charge is 0.305 e. The number of ether oxygens (including phenoxy) is 3. The molecule has 0 aliphatic rings. The summed E-state index contributed by atoms with van der Waals surface area (Å²) >= 11 is 0. The zero-order valence-corrected chi connectivity index (χ0v) is 11.3. The average molecular weight is 268 g/mol. The number of carbonyl (C=O) groups is 1. The van der Waals surface area contributed by atoms with E-state index in [0.717, 1.165) is 5.56 Å². The fourth-order valence-electron chi connectivity index (χ4n) is 1.54. The molecule has 0 aliphatic heterocycles. The minimum atomic E-state index is -0.246. The number of aliphatic hydroxyl groups excluding tert-OH is 1. The summed E-state index contributed by atoms with van der Waals surface area (Å²) in [7, 11) is 1.37. The lowest BCUT2D eigenvalue weighted by atomic mass is 10.2. The SMILES string of the molecule is CCOc1cc(CO)ccc1OCCCC(=O)OC. The Morgan fingerprint density at radius 1 is 1.26 bits per heavy atom. The monoisotopic (exact) mass is 268 g/mol. The maximum atomic E-state index is 10.9. The molecular weight excluding hydrogens is 248 g/mol. The Kier molecular flexibility index (Phi) is 6.74. The molecule has 0 bridgehead atoms. The molecule has 0 unspecified atom stereocenters. The van der Waals surface area contributed by atoms with Crippen LogP contribution >= 0.6 is 0 Å². The summed E-state index contributed by atoms with van der Waals surface area (Å²) in [6, 6.07) is 5.28. The van der Waals surface area contributed by atoms with Gasteiger partial charge in [-0.3, -0.25) is 4.79 Å². The number of hydrogen-bond donors (Lipinski definition) is 1. The van der Waals surface area contributed by atoms with Crippen molar-refractivity contribution in [1.29, 1.82) is 0 Å². The van der Waals surface area contributed by atoms with E-state index < -0.39 is 0 Å². The second-order valence-corrected chi connectivity index (χ2v) is 3.90. The maximum Gasteiger partial charge on any atom is 0.305 e. The van der Waals surface area contributed by atoms with Crippen molar-refractivity contribution in [2.45, 2.75) is 26.4 Å². The van der Waals surface area contributed by atoms with Gasteiger partial charge in [0.15, 0.2) is 11.5 Å². The van der Waals surface area contributed by atoms with Crippen LogP contribution in [0.5, 0.6) is 11.5 Å². The number of esters is 1. The third-order valence-corrected chi connectivity index (χ3v) is 2.50. The number of benzene rings is 1. The molecule has 0 amide bonds. The van der Waals surface area contributed by atoms with Crippen molar-refractivity contribution >= 4 is 5.97 Å². The molecule has 1 N–H and O–H groups in total. The molecule has 0 atom stereocenters. The molecule has 0 spiro atoms. The Labute approximate surface area is 113 Å². The molecule has 0 fully saturated rings. The number of aliphatic hydroxyl groups is 1. The van der Waals surface area contributed by atoms with Gasteiger partial charge >= 0.3 is 5.97 Å². The summed E-state index contributed by atoms with van der Waals surface area (Å²) in [5.74, 6) is 0.972. The fraction of sp³-hybridized carbons (Fsp3) is 0.500. The highest BCUT2D eigenvalue weighted by Crippen LogP contribution is 2.28. The zero-order valence-electron chi connectivity index (χ0n) is 11.3. The van der Waals surface area contributed by atoms with Gasteiger partial charge in [-0.25, -0.2) is 0 Å². The quantitative estimate of drug-likeness (QED) is 0.576. The number of rotatable bonds is 8. The Bertz CT molecular complexity index is 403. The van der Waals surface area contributed by atoms with Crippen LogP contribution in [0.2, 0.25) is 0 Å². The minimum absolute atomic E-state index is 0.0390. The molecule has 0 saturated heterocycles. The molecule has 1 aromatic rings. The van der Waals surface area contributed by atoms with Crippen LogP contribution in [0, 0.1) is 0 Å². The maximum absolute atomic E-state index is 10.9. The molecule has 106 valence electrons. The van der Waals surface area contributed by atoms with E-state index in [0.29, 0.717) is 37.6 Å². The Morgan fingerprint density at radius 3 is 2.68 bits per heavy atom. The highest BCUT2D eigenvalue weighted by Gasteiger charge is 2.07. The predicted octanol–water partition coefficient (Wildman–Crippen LogP) is 1.91. The van der Waals surface area contributed by atoms with Gasteiger partial charge in [0, 0.05) is 6.42 Å². The summed E-state index contributed by atoms with van der Waals surface area (Å²) in [6.07, 6.45) is 0.912. The topological polar surface area (TPSA) is 65.0 Å². The van der Waals surface area contributed by atoms with Crippen LogP contribution in [-0.4, -0.2) is 31.4 Å². The standard InChI is InChI=1S/C14H20O5/c1-3-18-13-9-11(10-15)6-7-12(13)19-8-4-5-14(16)17-2/h6-7,9,15H,3-5,8,10H2,1-2H3. The lowest BCUT2D eigenvalue weighted by molar-refractivity contribution is -0.140. The molecule has 0 saturated carbocycles. The zero-order chi connectivity index (χ0) is 14.1. The molecule has 0 heterocycles. The first-order valence-electron chi connectivity index (χ1n) is 6.27. The predicted molar refractivity (Wildman–Crippen MR) is 70.3 cm³/mol. The largest absolute Gasteiger partial charge is 0.490 e. The van der Waals surface area contributed by atoms with E-state index in [1.165, 1.54) is 7.11 Å². The summed E-state index contributed by atoms with van der Waals surface area (Å²) < 4.78 is 15.6. The van der Waals surface area contributed by atoms with Crippen LogP contribution in [-0.2, 0) is 16.1 Å². The van der Waals surface area contributed by atoms with Crippen molar-refractivity contribution in [2.75, 3.05) is 20.3 Å². The second-order valence-electron chi connectivity index (χ2n) is 3.90. The average Bonchev–Trinajstić information content (AvgIpc) is 2.44. The Hall–Kier alpha value is -1.75. The molecule has 0 aliphatic carbocycles. The fourth-order valence-corrected chi connectivity index (χ4v) is 1.54. The molecule has 0 aromatic heterocycles. The third kappa shape index (κ3) is 5.18. The van der Waals surface area contributed by atoms with E-state index in [2.05, 4.69) is 4.74 Å². The van der Waals surface area contributed by atoms with E-state index in [-0.39, 0.29) is 12.6 Å². The van der Waals surface area contributed by atoms with Gasteiger partial charge in [0.1, 0.15) is 0 Å². The van der Waals surface area contributed by atoms with Crippen molar-refractivity contribution in [3.63, 3.8) is 0 Å². The molecule has 19 heavy (non-hydrogen) atoms. The number of hydrogen-bond acceptors (Lipinski definition) is 5. The minimum Gasteiger partial charge on any atom is -0.490 e. The van der Waals surface area contributed by atoms with Crippen LogP contribution in [0.4, 0.5) is 0 Å². The molecule has 5 heteroatoms. The van der Waals surface area contributed by atoms with Crippen LogP contribution < -0.4 is 9.47 Å². The van der Waals surface area contributed by atoms with Crippen LogP contribution in [0.1, 0.15) is 25.3 Å². The van der Waals surface area contributed by atoms with E-state index in [9.17, 15) is 4.79 Å². The molecule has 5 nitrogen and oxygen atoms in total. The van der Waals surface area contributed by atoms with Gasteiger partial charge in [0.25, 0.3) is 0 Å². The van der Waals surface area contributed by atoms with E-state index >= 15 is 0 Å². The summed E-state index contributed by atoms with van der Waals surface area (Å²) in [5, 5.41) is 9.08. The van der Waals surface area contributed by atoms with Gasteiger partial charge in [0.05, 0.1) is 26.9 Å². The van der Waals surface area contributed by atoms with Crippen LogP contribution in [0.15, 0.2) is 18.2 Å². The van der Waals surface area contributed by atoms with E-state index in [4.69, 9.17) is 14.6 Å². The summed E-state index contributed by atoms with van der Waals surface area (Å²) in [5.41, 5.74) is 0.769. The molecule has 1 aromatic carbocycles. The molecular formula is C14H20O5. The first-order valence-corrected chi connectivity index (χ1v) is 6.27. The molecule has 1 rings (SSSR count). The van der Waals surface area contributed by atoms with Gasteiger partial charge in [-0.1, -0.05) is 6.07 Å². The lowest BCUT2D eigenvalue weighted by Gasteiger charge is -2.12. The van der Waals surface area contributed by atoms with Crippen molar-refractivity contribution < 1.29 is 24.1 Å². The lowest BCUT2D eigenvalue weighted by Crippen LogP contribution is -2.05. The van der Waals surface area contributed by atoms with Crippen molar-refractivity contribution in [3.05, 3.63) is 23.8 Å². The van der Waals surface area contributed by atoms with Crippen molar-refractivity contribution in [2.24, 2.45) is 0 Å². The van der Waals surface area contributed by atoms with Gasteiger partial charge in [-0.2, -0.15) is 0 Å². The van der Waals surface area contributed by atoms with Gasteiger partial charge < -0.3 is 19.3 Å². The second kappa shape index (κ2) is 8.37. The third-order valence-electron chi connectivity index (χ3n) is 2.50. The van der Waals surface area contributed by atoms with Gasteiger partial charge in [-0.15, -0.1) is 0 Å². The first kappa shape index (κ1) is 15.3. The summed E-state index contributed by atoms with van der Waals surface area (Å²) in [4.78, 5) is 10.9. The van der Waals surface area contributed by atoms with Crippen molar-refractivity contribution in [3.8, 4) is 11.5 Å². The van der Waals surface area contributed by atoms with Crippen molar-refractivity contribution in [1.82, 2.24) is 0 Å². The summed E-state index contributed by atoms with van der Waals surface area (Å²) in [6.45, 7) is 2.77. The number of carbonyl (C=O) groups excluding carboxylic acids is 1. The van der Waals surface area contributed by atoms with E-state index in [1.807, 2.05) is 6.92 Å². The van der Waals surface area contributed by atoms with E-state index in [1.54, 1.807) is 18.2 Å². The first-order chi connectivity index (χ1) is 9.21. The van der Waals surface area contributed by atoms with Crippen LogP contribution in [0.25, 0.3) is 0 Å². The molecule has 0 radical (unpaired) electrons. The van der Waals surface area contributed by atoms with Gasteiger partial charge in [-0.05, 0) is 31.0 Å². The van der Waals surface area contributed by atoms with Gasteiger partial charge in [0.2, 0.25) is 0 Å². The van der Waals surface area contributed by atoms with Crippen LogP contribution in [0.3, 0.4) is 0 Å². The highest BCUT2D eigenvalue weighted by atomic mass is 16.5. The highest BCUT2D eigenvalue weighted by molar-refractivity contribution is 5.69. The normalized spacial score (nSPS) is 10.1. The Morgan fingerprint density at radius 2 is 2.05 bits per heavy atom. The number of methoxy groups -OCH3 is 1. The Balaban J connectivity index is 2.54.